The highest BCUT2D eigenvalue weighted by molar-refractivity contribution is 9.10. The van der Waals surface area contributed by atoms with Crippen LogP contribution >= 0.6 is 15.9 Å². The van der Waals surface area contributed by atoms with Gasteiger partial charge in [-0.25, -0.2) is 9.48 Å². The van der Waals surface area contributed by atoms with Gasteiger partial charge in [-0.2, -0.15) is 5.10 Å². The molecule has 23 heavy (non-hydrogen) atoms. The van der Waals surface area contributed by atoms with Crippen molar-refractivity contribution in [2.24, 2.45) is 0 Å². The van der Waals surface area contributed by atoms with E-state index in [1.165, 1.54) is 0 Å². The van der Waals surface area contributed by atoms with Gasteiger partial charge in [-0.05, 0) is 38.1 Å². The summed E-state index contributed by atoms with van der Waals surface area (Å²) in [5.74, 6) is -0.408. The van der Waals surface area contributed by atoms with Crippen molar-refractivity contribution in [2.75, 3.05) is 11.9 Å². The van der Waals surface area contributed by atoms with Crippen LogP contribution in [0.5, 0.6) is 0 Å². The molecule has 7 nitrogen and oxygen atoms in total. The van der Waals surface area contributed by atoms with Gasteiger partial charge in [0, 0.05) is 16.6 Å². The first-order valence-electron chi connectivity index (χ1n) is 6.97. The summed E-state index contributed by atoms with van der Waals surface area (Å²) >= 11 is 3.38. The summed E-state index contributed by atoms with van der Waals surface area (Å²) in [4.78, 5) is 22.4. The van der Waals surface area contributed by atoms with Crippen molar-refractivity contribution in [3.05, 3.63) is 40.0 Å². The second-order valence-electron chi connectivity index (χ2n) is 4.97. The largest absolute Gasteiger partial charge is 0.481 e. The molecule has 1 aromatic carbocycles. The van der Waals surface area contributed by atoms with Gasteiger partial charge in [0.1, 0.15) is 5.82 Å². The topological polar surface area (TPSA) is 96.3 Å². The van der Waals surface area contributed by atoms with Gasteiger partial charge < -0.3 is 10.4 Å². The zero-order valence-corrected chi connectivity index (χ0v) is 14.3. The molecule has 0 saturated carbocycles. The number of rotatable bonds is 5. The van der Waals surface area contributed by atoms with Crippen LogP contribution in [0.25, 0.3) is 5.69 Å². The number of nitrogens with one attached hydrogen (secondary N) is 2. The van der Waals surface area contributed by atoms with E-state index in [9.17, 15) is 9.59 Å². The van der Waals surface area contributed by atoms with Gasteiger partial charge >= 0.3 is 12.0 Å². The Hall–Kier alpha value is -2.35. The summed E-state index contributed by atoms with van der Waals surface area (Å²) in [6, 6.07) is 7.07. The standard InChI is InChI=1S/C15H17BrN4O3/c1-9-10(2)19-20(12-5-3-11(16)4-6-12)14(9)18-15(23)17-8-7-13(21)22/h3-6H,7-8H2,1-2H3,(H,21,22)(H2,17,18,23). The van der Waals surface area contributed by atoms with Crippen LogP contribution in [0.2, 0.25) is 0 Å². The molecule has 0 bridgehead atoms. The Kier molecular flexibility index (Phi) is 5.38. The van der Waals surface area contributed by atoms with Crippen molar-refractivity contribution in [2.45, 2.75) is 20.3 Å². The highest BCUT2D eigenvalue weighted by Gasteiger charge is 2.15. The molecule has 0 spiro atoms. The second-order valence-corrected chi connectivity index (χ2v) is 5.89. The Balaban J connectivity index is 2.19. The molecule has 0 aliphatic rings. The lowest BCUT2D eigenvalue weighted by Crippen LogP contribution is -2.31. The van der Waals surface area contributed by atoms with Crippen LogP contribution in [0.4, 0.5) is 10.6 Å². The molecule has 8 heteroatoms. The number of nitrogens with zero attached hydrogens (tertiary/aromatic N) is 2. The first-order valence-corrected chi connectivity index (χ1v) is 7.76. The monoisotopic (exact) mass is 380 g/mol. The number of aliphatic carboxylic acids is 1. The number of anilines is 1. The maximum atomic E-state index is 11.9. The molecular weight excluding hydrogens is 364 g/mol. The van der Waals surface area contributed by atoms with Gasteiger partial charge in [0.15, 0.2) is 0 Å². The van der Waals surface area contributed by atoms with Gasteiger partial charge in [0.2, 0.25) is 0 Å². The number of hydrogen-bond donors (Lipinski definition) is 3. The summed E-state index contributed by atoms with van der Waals surface area (Å²) in [5.41, 5.74) is 2.46. The zero-order chi connectivity index (χ0) is 17.0. The third kappa shape index (κ3) is 4.32. The highest BCUT2D eigenvalue weighted by Crippen LogP contribution is 2.23. The maximum absolute atomic E-state index is 11.9. The van der Waals surface area contributed by atoms with E-state index < -0.39 is 12.0 Å². The number of carboxylic acids is 1. The normalized spacial score (nSPS) is 10.4. The van der Waals surface area contributed by atoms with E-state index in [2.05, 4.69) is 31.7 Å². The van der Waals surface area contributed by atoms with Crippen molar-refractivity contribution < 1.29 is 14.7 Å². The summed E-state index contributed by atoms with van der Waals surface area (Å²) < 4.78 is 2.59. The molecule has 0 aliphatic carbocycles. The Bertz CT molecular complexity index is 725. The minimum Gasteiger partial charge on any atom is -0.481 e. The summed E-state index contributed by atoms with van der Waals surface area (Å²) in [6.07, 6.45) is -0.128. The van der Waals surface area contributed by atoms with E-state index in [4.69, 9.17) is 5.11 Å². The smallest absolute Gasteiger partial charge is 0.320 e. The Labute approximate surface area is 141 Å². The molecule has 122 valence electrons. The highest BCUT2D eigenvalue weighted by atomic mass is 79.9. The predicted octanol–water partition coefficient (Wildman–Crippen LogP) is 2.85. The number of aromatic nitrogens is 2. The molecule has 3 N–H and O–H groups in total. The average Bonchev–Trinajstić information content (AvgIpc) is 2.76. The van der Waals surface area contributed by atoms with Crippen LogP contribution in [-0.2, 0) is 4.79 Å². The van der Waals surface area contributed by atoms with Crippen molar-refractivity contribution in [1.82, 2.24) is 15.1 Å². The Morgan fingerprint density at radius 2 is 1.91 bits per heavy atom. The number of carbonyl (C=O) groups excluding carboxylic acids is 1. The Morgan fingerprint density at radius 3 is 2.52 bits per heavy atom. The predicted molar refractivity (Wildman–Crippen MR) is 90.0 cm³/mol. The fourth-order valence-corrected chi connectivity index (χ4v) is 2.22. The van der Waals surface area contributed by atoms with E-state index in [0.717, 1.165) is 21.4 Å². The number of urea groups is 1. The van der Waals surface area contributed by atoms with Crippen LogP contribution < -0.4 is 10.6 Å². The van der Waals surface area contributed by atoms with E-state index in [0.29, 0.717) is 5.82 Å². The molecule has 1 heterocycles. The van der Waals surface area contributed by atoms with Gasteiger partial charge in [-0.15, -0.1) is 0 Å². The molecule has 2 amide bonds. The molecule has 0 aliphatic heterocycles. The third-order valence-electron chi connectivity index (χ3n) is 3.29. The van der Waals surface area contributed by atoms with Crippen molar-refractivity contribution in [3.63, 3.8) is 0 Å². The van der Waals surface area contributed by atoms with Crippen LogP contribution in [0.15, 0.2) is 28.7 Å². The number of benzene rings is 1. The number of amides is 2. The van der Waals surface area contributed by atoms with Crippen LogP contribution in [0, 0.1) is 13.8 Å². The maximum Gasteiger partial charge on any atom is 0.320 e. The molecule has 0 unspecified atom stereocenters. The number of carbonyl (C=O) groups is 2. The van der Waals surface area contributed by atoms with Crippen molar-refractivity contribution in [1.29, 1.82) is 0 Å². The lowest BCUT2D eigenvalue weighted by molar-refractivity contribution is -0.136. The summed E-state index contributed by atoms with van der Waals surface area (Å²) in [7, 11) is 0. The van der Waals surface area contributed by atoms with Crippen molar-refractivity contribution >= 4 is 33.7 Å². The van der Waals surface area contributed by atoms with E-state index in [1.54, 1.807) is 4.68 Å². The number of halogens is 1. The zero-order valence-electron chi connectivity index (χ0n) is 12.8. The molecular formula is C15H17BrN4O3. The molecule has 0 fully saturated rings. The molecule has 0 saturated heterocycles. The van der Waals surface area contributed by atoms with E-state index in [-0.39, 0.29) is 13.0 Å². The van der Waals surface area contributed by atoms with Crippen LogP contribution in [0.1, 0.15) is 17.7 Å². The molecule has 0 radical (unpaired) electrons. The first-order chi connectivity index (χ1) is 10.9. The quantitative estimate of drug-likeness (QED) is 0.742. The summed E-state index contributed by atoms with van der Waals surface area (Å²) in [5, 5.41) is 18.3. The number of carboxylic acid groups (broad SMARTS) is 1. The van der Waals surface area contributed by atoms with Gasteiger partial charge in [0.05, 0.1) is 17.8 Å². The minimum atomic E-state index is -0.961. The van der Waals surface area contributed by atoms with Gasteiger partial charge in [0.25, 0.3) is 0 Å². The molecule has 0 atom stereocenters. The lowest BCUT2D eigenvalue weighted by Gasteiger charge is -2.11. The average molecular weight is 381 g/mol. The fraction of sp³-hybridized carbons (Fsp3) is 0.267. The summed E-state index contributed by atoms with van der Waals surface area (Å²) in [6.45, 7) is 3.79. The molecule has 1 aromatic heterocycles. The SMILES string of the molecule is Cc1nn(-c2ccc(Br)cc2)c(NC(=O)NCCC(=O)O)c1C. The van der Waals surface area contributed by atoms with Crippen LogP contribution in [-0.4, -0.2) is 33.4 Å². The Morgan fingerprint density at radius 1 is 1.26 bits per heavy atom. The minimum absolute atomic E-state index is 0.0611. The fourth-order valence-electron chi connectivity index (χ4n) is 1.96. The second kappa shape index (κ2) is 7.28. The lowest BCUT2D eigenvalue weighted by atomic mass is 10.2. The number of hydrogen-bond acceptors (Lipinski definition) is 3. The van der Waals surface area contributed by atoms with Crippen molar-refractivity contribution in [3.8, 4) is 5.69 Å². The van der Waals surface area contributed by atoms with E-state index in [1.807, 2.05) is 38.1 Å². The first kappa shape index (κ1) is 17.0. The van der Waals surface area contributed by atoms with Gasteiger partial charge in [-0.3, -0.25) is 10.1 Å². The van der Waals surface area contributed by atoms with Gasteiger partial charge in [-0.1, -0.05) is 15.9 Å². The van der Waals surface area contributed by atoms with E-state index >= 15 is 0 Å². The third-order valence-corrected chi connectivity index (χ3v) is 3.82. The molecule has 2 aromatic rings. The van der Waals surface area contributed by atoms with Crippen LogP contribution in [0.3, 0.4) is 0 Å². The number of aryl methyl sites for hydroxylation is 1. The molecule has 2 rings (SSSR count).